The maximum Gasteiger partial charge on any atom is 0.341 e. The van der Waals surface area contributed by atoms with Crippen LogP contribution in [0, 0.1) is 6.92 Å². The number of thiol groups is 1. The van der Waals surface area contributed by atoms with Crippen molar-refractivity contribution in [2.45, 2.75) is 11.8 Å². The Hall–Kier alpha value is -2.54. The number of aryl methyl sites for hydroxylation is 1. The second-order valence-corrected chi connectivity index (χ2v) is 5.08. The minimum Gasteiger partial charge on any atom is -0.477 e. The number of H-pyrrole nitrogens is 1. The SMILES string of the molecule is Cc1[nH]nc(Nc2ccnc3ccc(S)cc23)c1C(=O)O. The van der Waals surface area contributed by atoms with Gasteiger partial charge in [-0.2, -0.15) is 5.10 Å². The number of carboxylic acids is 1. The third-order valence-corrected chi connectivity index (χ3v) is 3.42. The molecule has 0 aliphatic rings. The summed E-state index contributed by atoms with van der Waals surface area (Å²) in [6, 6.07) is 7.35. The van der Waals surface area contributed by atoms with Crippen molar-refractivity contribution in [1.29, 1.82) is 0 Å². The third kappa shape index (κ3) is 2.43. The van der Waals surface area contributed by atoms with Gasteiger partial charge in [0.05, 0.1) is 11.2 Å². The van der Waals surface area contributed by atoms with Crippen LogP contribution in [0.25, 0.3) is 10.9 Å². The molecule has 6 nitrogen and oxygen atoms in total. The summed E-state index contributed by atoms with van der Waals surface area (Å²) >= 11 is 4.32. The fourth-order valence-electron chi connectivity index (χ4n) is 2.15. The van der Waals surface area contributed by atoms with Crippen LogP contribution in [0.1, 0.15) is 16.1 Å². The number of carbonyl (C=O) groups is 1. The van der Waals surface area contributed by atoms with Gasteiger partial charge in [-0.05, 0) is 31.2 Å². The number of aromatic amines is 1. The average Bonchev–Trinajstić information content (AvgIpc) is 2.80. The van der Waals surface area contributed by atoms with Crippen LogP contribution in [-0.2, 0) is 0 Å². The quantitative estimate of drug-likeness (QED) is 0.558. The van der Waals surface area contributed by atoms with E-state index in [0.29, 0.717) is 5.69 Å². The lowest BCUT2D eigenvalue weighted by molar-refractivity contribution is 0.0697. The number of anilines is 2. The van der Waals surface area contributed by atoms with Gasteiger partial charge in [0.1, 0.15) is 5.56 Å². The maximum absolute atomic E-state index is 11.3. The first-order valence-corrected chi connectivity index (χ1v) is 6.64. The second-order valence-electron chi connectivity index (χ2n) is 4.56. The highest BCUT2D eigenvalue weighted by Gasteiger charge is 2.17. The van der Waals surface area contributed by atoms with Gasteiger partial charge < -0.3 is 10.4 Å². The molecule has 0 spiro atoms. The molecule has 0 saturated carbocycles. The molecule has 0 atom stereocenters. The molecule has 3 rings (SSSR count). The Morgan fingerprint density at radius 1 is 1.38 bits per heavy atom. The van der Waals surface area contributed by atoms with Gasteiger partial charge in [0, 0.05) is 22.2 Å². The van der Waals surface area contributed by atoms with Gasteiger partial charge in [-0.25, -0.2) is 4.79 Å². The number of nitrogens with zero attached hydrogens (tertiary/aromatic N) is 2. The molecule has 1 aromatic carbocycles. The highest BCUT2D eigenvalue weighted by atomic mass is 32.1. The van der Waals surface area contributed by atoms with Crippen molar-refractivity contribution < 1.29 is 9.90 Å². The minimum atomic E-state index is -1.03. The lowest BCUT2D eigenvalue weighted by Gasteiger charge is -2.08. The Balaban J connectivity index is 2.10. The van der Waals surface area contributed by atoms with Crippen molar-refractivity contribution in [2.75, 3.05) is 5.32 Å². The summed E-state index contributed by atoms with van der Waals surface area (Å²) in [7, 11) is 0. The fraction of sp³-hybridized carbons (Fsp3) is 0.0714. The van der Waals surface area contributed by atoms with Crippen molar-refractivity contribution in [3.8, 4) is 0 Å². The monoisotopic (exact) mass is 300 g/mol. The molecule has 2 heterocycles. The third-order valence-electron chi connectivity index (χ3n) is 3.14. The maximum atomic E-state index is 11.3. The Kier molecular flexibility index (Phi) is 3.26. The van der Waals surface area contributed by atoms with Gasteiger partial charge in [-0.1, -0.05) is 0 Å². The molecule has 0 saturated heterocycles. The minimum absolute atomic E-state index is 0.127. The van der Waals surface area contributed by atoms with Crippen molar-refractivity contribution >= 4 is 41.0 Å². The molecular weight excluding hydrogens is 288 g/mol. The molecule has 0 radical (unpaired) electrons. The molecule has 0 aliphatic carbocycles. The number of aromatic nitrogens is 3. The number of hydrogen-bond donors (Lipinski definition) is 4. The first kappa shape index (κ1) is 13.4. The van der Waals surface area contributed by atoms with E-state index in [-0.39, 0.29) is 11.4 Å². The molecule has 106 valence electrons. The van der Waals surface area contributed by atoms with Gasteiger partial charge in [-0.3, -0.25) is 10.1 Å². The number of rotatable bonds is 3. The highest BCUT2D eigenvalue weighted by Crippen LogP contribution is 2.28. The molecule has 2 aromatic heterocycles. The molecule has 0 fully saturated rings. The lowest BCUT2D eigenvalue weighted by atomic mass is 10.1. The number of fused-ring (bicyclic) bond motifs is 1. The predicted octanol–water partition coefficient (Wildman–Crippen LogP) is 3.00. The van der Waals surface area contributed by atoms with E-state index in [2.05, 4.69) is 33.1 Å². The van der Waals surface area contributed by atoms with Gasteiger partial charge in [0.15, 0.2) is 5.82 Å². The van der Waals surface area contributed by atoms with E-state index in [4.69, 9.17) is 0 Å². The van der Waals surface area contributed by atoms with E-state index in [1.54, 1.807) is 19.2 Å². The Morgan fingerprint density at radius 3 is 2.95 bits per heavy atom. The zero-order valence-corrected chi connectivity index (χ0v) is 12.0. The Morgan fingerprint density at radius 2 is 2.19 bits per heavy atom. The van der Waals surface area contributed by atoms with Gasteiger partial charge in [0.25, 0.3) is 0 Å². The Bertz CT molecular complexity index is 844. The predicted molar refractivity (Wildman–Crippen MR) is 82.6 cm³/mol. The zero-order chi connectivity index (χ0) is 15.0. The molecule has 0 bridgehead atoms. The molecular formula is C14H12N4O2S. The van der Waals surface area contributed by atoms with E-state index in [9.17, 15) is 9.90 Å². The summed E-state index contributed by atoms with van der Waals surface area (Å²) in [6.07, 6.45) is 1.66. The van der Waals surface area contributed by atoms with Crippen molar-refractivity contribution in [1.82, 2.24) is 15.2 Å². The topological polar surface area (TPSA) is 90.9 Å². The zero-order valence-electron chi connectivity index (χ0n) is 11.1. The van der Waals surface area contributed by atoms with Crippen LogP contribution in [0.4, 0.5) is 11.5 Å². The summed E-state index contributed by atoms with van der Waals surface area (Å²) in [6.45, 7) is 1.66. The second kappa shape index (κ2) is 5.10. The highest BCUT2D eigenvalue weighted by molar-refractivity contribution is 7.80. The molecule has 3 N–H and O–H groups in total. The first-order chi connectivity index (χ1) is 10.1. The van der Waals surface area contributed by atoms with Crippen LogP contribution in [-0.4, -0.2) is 26.3 Å². The van der Waals surface area contributed by atoms with E-state index in [1.807, 2.05) is 18.2 Å². The number of aromatic carboxylic acids is 1. The number of benzene rings is 1. The summed E-state index contributed by atoms with van der Waals surface area (Å²) in [4.78, 5) is 16.4. The van der Waals surface area contributed by atoms with Crippen LogP contribution in [0.2, 0.25) is 0 Å². The molecule has 0 aliphatic heterocycles. The van der Waals surface area contributed by atoms with Gasteiger partial charge in [-0.15, -0.1) is 12.6 Å². The summed E-state index contributed by atoms with van der Waals surface area (Å²) < 4.78 is 0. The van der Waals surface area contributed by atoms with Crippen molar-refractivity contribution in [3.05, 3.63) is 41.7 Å². The fourth-order valence-corrected chi connectivity index (χ4v) is 2.36. The van der Waals surface area contributed by atoms with Crippen LogP contribution in [0.15, 0.2) is 35.4 Å². The molecule has 0 unspecified atom stereocenters. The normalized spacial score (nSPS) is 10.8. The van der Waals surface area contributed by atoms with Gasteiger partial charge >= 0.3 is 5.97 Å². The smallest absolute Gasteiger partial charge is 0.341 e. The van der Waals surface area contributed by atoms with Crippen LogP contribution < -0.4 is 5.32 Å². The number of carboxylic acid groups (broad SMARTS) is 1. The van der Waals surface area contributed by atoms with Crippen LogP contribution >= 0.6 is 12.6 Å². The molecule has 3 aromatic rings. The van der Waals surface area contributed by atoms with E-state index in [1.165, 1.54) is 0 Å². The number of hydrogen-bond acceptors (Lipinski definition) is 5. The first-order valence-electron chi connectivity index (χ1n) is 6.19. The van der Waals surface area contributed by atoms with Crippen molar-refractivity contribution in [2.24, 2.45) is 0 Å². The Labute approximate surface area is 125 Å². The number of nitrogens with one attached hydrogen (secondary N) is 2. The summed E-state index contributed by atoms with van der Waals surface area (Å²) in [5.41, 5.74) is 2.15. The lowest BCUT2D eigenvalue weighted by Crippen LogP contribution is -2.02. The summed E-state index contributed by atoms with van der Waals surface area (Å²) in [5, 5.41) is 19.8. The molecule has 7 heteroatoms. The molecule has 21 heavy (non-hydrogen) atoms. The standard InChI is InChI=1S/C14H12N4O2S/c1-7-12(14(19)20)13(18-17-7)16-11-4-5-15-10-3-2-8(21)6-9(10)11/h2-6,21H,1H3,(H,19,20)(H2,15,16,17,18). The van der Waals surface area contributed by atoms with E-state index < -0.39 is 5.97 Å². The largest absolute Gasteiger partial charge is 0.477 e. The van der Waals surface area contributed by atoms with Crippen LogP contribution in [0.5, 0.6) is 0 Å². The summed E-state index contributed by atoms with van der Waals surface area (Å²) in [5.74, 6) is -0.755. The van der Waals surface area contributed by atoms with Gasteiger partial charge in [0.2, 0.25) is 0 Å². The average molecular weight is 300 g/mol. The molecule has 0 amide bonds. The van der Waals surface area contributed by atoms with E-state index >= 15 is 0 Å². The number of pyridine rings is 1. The van der Waals surface area contributed by atoms with Crippen molar-refractivity contribution in [3.63, 3.8) is 0 Å². The van der Waals surface area contributed by atoms with E-state index in [0.717, 1.165) is 21.5 Å². The van der Waals surface area contributed by atoms with Crippen LogP contribution in [0.3, 0.4) is 0 Å².